The molecule has 0 aliphatic carbocycles. The van der Waals surface area contributed by atoms with Crippen LogP contribution in [0.3, 0.4) is 0 Å². The van der Waals surface area contributed by atoms with Gasteiger partial charge in [0.15, 0.2) is 9.84 Å². The van der Waals surface area contributed by atoms with E-state index in [4.69, 9.17) is 0 Å². The molecular weight excluding hydrogens is 316 g/mol. The van der Waals surface area contributed by atoms with Crippen LogP contribution in [-0.4, -0.2) is 42.0 Å². The zero-order valence-corrected chi connectivity index (χ0v) is 13.6. The smallest absolute Gasteiger partial charge is 0.307 e. The molecule has 6 nitrogen and oxygen atoms in total. The Morgan fingerprint density at radius 2 is 2.13 bits per heavy atom. The highest BCUT2D eigenvalue weighted by molar-refractivity contribution is 7.91. The van der Waals surface area contributed by atoms with Crippen molar-refractivity contribution in [3.63, 3.8) is 0 Å². The maximum atomic E-state index is 11.7. The summed E-state index contributed by atoms with van der Waals surface area (Å²) >= 11 is 0. The molecule has 0 bridgehead atoms. The molecule has 1 atom stereocenters. The maximum absolute atomic E-state index is 11.7. The fourth-order valence-corrected chi connectivity index (χ4v) is 4.69. The number of sulfone groups is 1. The number of aliphatic carboxylic acids is 1. The molecule has 122 valence electrons. The number of nitrogens with zero attached hydrogens (tertiary/aromatic N) is 1. The van der Waals surface area contributed by atoms with Gasteiger partial charge in [-0.15, -0.1) is 0 Å². The fourth-order valence-electron chi connectivity index (χ4n) is 3.02. The van der Waals surface area contributed by atoms with Crippen LogP contribution in [0.15, 0.2) is 24.3 Å². The van der Waals surface area contributed by atoms with Crippen molar-refractivity contribution in [2.45, 2.75) is 25.8 Å². The lowest BCUT2D eigenvalue weighted by molar-refractivity contribution is -0.136. The van der Waals surface area contributed by atoms with Crippen molar-refractivity contribution in [1.82, 2.24) is 4.98 Å². The van der Waals surface area contributed by atoms with E-state index >= 15 is 0 Å². The van der Waals surface area contributed by atoms with Gasteiger partial charge in [-0.25, -0.2) is 8.42 Å². The first kappa shape index (κ1) is 15.7. The van der Waals surface area contributed by atoms with Gasteiger partial charge < -0.3 is 10.4 Å². The van der Waals surface area contributed by atoms with Gasteiger partial charge in [0, 0.05) is 28.4 Å². The van der Waals surface area contributed by atoms with Crippen LogP contribution in [0.4, 0.5) is 5.69 Å². The number of rotatable bonds is 4. The molecule has 23 heavy (non-hydrogen) atoms. The summed E-state index contributed by atoms with van der Waals surface area (Å²) in [6.45, 7) is 1.78. The maximum Gasteiger partial charge on any atom is 0.307 e. The van der Waals surface area contributed by atoms with E-state index in [0.717, 1.165) is 10.9 Å². The van der Waals surface area contributed by atoms with Crippen molar-refractivity contribution in [2.75, 3.05) is 16.8 Å². The third-order valence-electron chi connectivity index (χ3n) is 4.11. The highest BCUT2D eigenvalue weighted by Crippen LogP contribution is 2.31. The molecule has 2 N–H and O–H groups in total. The Morgan fingerprint density at radius 3 is 2.78 bits per heavy atom. The SMILES string of the molecule is Cc1nc2ccccc2c(NC2CCS(=O)(=O)C2)c1CC(=O)O. The summed E-state index contributed by atoms with van der Waals surface area (Å²) in [5.74, 6) is -0.692. The van der Waals surface area contributed by atoms with Gasteiger partial charge >= 0.3 is 5.97 Å². The first-order valence-electron chi connectivity index (χ1n) is 7.43. The van der Waals surface area contributed by atoms with E-state index in [9.17, 15) is 18.3 Å². The zero-order chi connectivity index (χ0) is 16.6. The number of carbonyl (C=O) groups is 1. The van der Waals surface area contributed by atoms with Crippen molar-refractivity contribution in [2.24, 2.45) is 0 Å². The van der Waals surface area contributed by atoms with Crippen LogP contribution in [0.5, 0.6) is 0 Å². The van der Waals surface area contributed by atoms with E-state index in [-0.39, 0.29) is 24.0 Å². The number of carboxylic acids is 1. The number of hydrogen-bond donors (Lipinski definition) is 2. The number of anilines is 1. The Morgan fingerprint density at radius 1 is 1.39 bits per heavy atom. The number of aromatic nitrogens is 1. The Bertz CT molecular complexity index is 877. The van der Waals surface area contributed by atoms with Gasteiger partial charge in [0.25, 0.3) is 0 Å². The van der Waals surface area contributed by atoms with Crippen LogP contribution < -0.4 is 5.32 Å². The molecule has 1 fully saturated rings. The first-order chi connectivity index (χ1) is 10.9. The summed E-state index contributed by atoms with van der Waals surface area (Å²) in [7, 11) is -3.01. The standard InChI is InChI=1S/C16H18N2O4S/c1-10-13(8-15(19)20)16(12-4-2-3-5-14(12)17-10)18-11-6-7-23(21,22)9-11/h2-5,11H,6-9H2,1H3,(H,17,18)(H,19,20). The molecule has 1 aromatic carbocycles. The van der Waals surface area contributed by atoms with Crippen molar-refractivity contribution in [1.29, 1.82) is 0 Å². The highest BCUT2D eigenvalue weighted by Gasteiger charge is 2.29. The number of para-hydroxylation sites is 1. The van der Waals surface area contributed by atoms with Gasteiger partial charge in [-0.1, -0.05) is 18.2 Å². The van der Waals surface area contributed by atoms with E-state index in [1.54, 1.807) is 6.92 Å². The van der Waals surface area contributed by atoms with Gasteiger partial charge in [-0.2, -0.15) is 0 Å². The van der Waals surface area contributed by atoms with E-state index in [1.165, 1.54) is 0 Å². The zero-order valence-electron chi connectivity index (χ0n) is 12.7. The lowest BCUT2D eigenvalue weighted by Crippen LogP contribution is -2.22. The van der Waals surface area contributed by atoms with Crippen molar-refractivity contribution in [3.05, 3.63) is 35.5 Å². The second-order valence-electron chi connectivity index (χ2n) is 5.88. The van der Waals surface area contributed by atoms with E-state index in [1.807, 2.05) is 24.3 Å². The third kappa shape index (κ3) is 3.29. The molecule has 0 radical (unpaired) electrons. The average Bonchev–Trinajstić information content (AvgIpc) is 2.81. The summed E-state index contributed by atoms with van der Waals surface area (Å²) < 4.78 is 23.4. The molecule has 2 heterocycles. The summed E-state index contributed by atoms with van der Waals surface area (Å²) in [4.78, 5) is 15.7. The molecular formula is C16H18N2O4S. The van der Waals surface area contributed by atoms with Crippen LogP contribution in [0.1, 0.15) is 17.7 Å². The molecule has 7 heteroatoms. The minimum atomic E-state index is -3.01. The summed E-state index contributed by atoms with van der Waals surface area (Å²) in [6, 6.07) is 7.27. The summed E-state index contributed by atoms with van der Waals surface area (Å²) in [5, 5.41) is 13.3. The normalized spacial score (nSPS) is 19.8. The van der Waals surface area contributed by atoms with E-state index in [0.29, 0.717) is 23.4 Å². The summed E-state index contributed by atoms with van der Waals surface area (Å²) in [5.41, 5.74) is 2.72. The molecule has 0 spiro atoms. The van der Waals surface area contributed by atoms with Crippen molar-refractivity contribution < 1.29 is 18.3 Å². The van der Waals surface area contributed by atoms with Gasteiger partial charge in [0.2, 0.25) is 0 Å². The van der Waals surface area contributed by atoms with Gasteiger partial charge in [0.05, 0.1) is 23.4 Å². The van der Waals surface area contributed by atoms with Crippen LogP contribution >= 0.6 is 0 Å². The van der Waals surface area contributed by atoms with Crippen LogP contribution in [-0.2, 0) is 21.1 Å². The minimum Gasteiger partial charge on any atom is -0.481 e. The lowest BCUT2D eigenvalue weighted by atomic mass is 10.0. The Labute approximate surface area is 134 Å². The van der Waals surface area contributed by atoms with Crippen molar-refractivity contribution >= 4 is 32.4 Å². The molecule has 1 unspecified atom stereocenters. The molecule has 0 amide bonds. The first-order valence-corrected chi connectivity index (χ1v) is 9.25. The molecule has 3 rings (SSSR count). The Kier molecular flexibility index (Phi) is 3.97. The number of carboxylic acid groups (broad SMARTS) is 1. The van der Waals surface area contributed by atoms with Gasteiger partial charge in [-0.3, -0.25) is 9.78 Å². The van der Waals surface area contributed by atoms with Gasteiger partial charge in [0.1, 0.15) is 0 Å². The number of hydrogen-bond acceptors (Lipinski definition) is 5. The molecule has 0 saturated carbocycles. The number of fused-ring (bicyclic) bond motifs is 1. The highest BCUT2D eigenvalue weighted by atomic mass is 32.2. The van der Waals surface area contributed by atoms with Crippen LogP contribution in [0, 0.1) is 6.92 Å². The molecule has 1 aliphatic rings. The predicted molar refractivity (Wildman–Crippen MR) is 88.5 cm³/mol. The lowest BCUT2D eigenvalue weighted by Gasteiger charge is -2.19. The molecule has 1 aromatic heterocycles. The van der Waals surface area contributed by atoms with Gasteiger partial charge in [-0.05, 0) is 19.4 Å². The molecule has 2 aromatic rings. The third-order valence-corrected chi connectivity index (χ3v) is 5.88. The monoisotopic (exact) mass is 334 g/mol. The molecule has 1 aliphatic heterocycles. The van der Waals surface area contributed by atoms with Crippen LogP contribution in [0.25, 0.3) is 10.9 Å². The fraction of sp³-hybridized carbons (Fsp3) is 0.375. The predicted octanol–water partition coefficient (Wildman–Crippen LogP) is 1.77. The number of nitrogens with one attached hydrogen (secondary N) is 1. The Hall–Kier alpha value is -2.15. The minimum absolute atomic E-state index is 0.0786. The van der Waals surface area contributed by atoms with Crippen LogP contribution in [0.2, 0.25) is 0 Å². The quantitative estimate of drug-likeness (QED) is 0.884. The number of aryl methyl sites for hydroxylation is 1. The second-order valence-corrected chi connectivity index (χ2v) is 8.11. The van der Waals surface area contributed by atoms with Crippen molar-refractivity contribution in [3.8, 4) is 0 Å². The van der Waals surface area contributed by atoms with E-state index in [2.05, 4.69) is 10.3 Å². The molecule has 1 saturated heterocycles. The largest absolute Gasteiger partial charge is 0.481 e. The second kappa shape index (κ2) is 5.81. The number of benzene rings is 1. The Balaban J connectivity index is 2.09. The number of pyridine rings is 1. The topological polar surface area (TPSA) is 96.4 Å². The van der Waals surface area contributed by atoms with E-state index < -0.39 is 15.8 Å². The average molecular weight is 334 g/mol. The summed E-state index contributed by atoms with van der Waals surface area (Å²) in [6.07, 6.45) is 0.385.